The molecule has 1 aromatic carbocycles. The van der Waals surface area contributed by atoms with Gasteiger partial charge in [0, 0.05) is 25.2 Å². The second-order valence-electron chi connectivity index (χ2n) is 6.14. The van der Waals surface area contributed by atoms with E-state index in [1.54, 1.807) is 6.20 Å². The van der Waals surface area contributed by atoms with Crippen molar-refractivity contribution in [2.75, 3.05) is 11.9 Å². The lowest BCUT2D eigenvalue weighted by atomic mass is 9.92. The van der Waals surface area contributed by atoms with E-state index >= 15 is 0 Å². The molecule has 0 bridgehead atoms. The summed E-state index contributed by atoms with van der Waals surface area (Å²) in [5.41, 5.74) is 3.34. The van der Waals surface area contributed by atoms with Crippen molar-refractivity contribution < 1.29 is 0 Å². The van der Waals surface area contributed by atoms with Crippen LogP contribution in [0.1, 0.15) is 41.9 Å². The average Bonchev–Trinajstić information content (AvgIpc) is 3.04. The molecule has 1 aromatic heterocycles. The number of benzene rings is 1. The second-order valence-corrected chi connectivity index (χ2v) is 6.14. The molecule has 2 aromatic rings. The van der Waals surface area contributed by atoms with E-state index in [1.807, 2.05) is 12.1 Å². The predicted octanol–water partition coefficient (Wildman–Crippen LogP) is 4.03. The zero-order valence-electron chi connectivity index (χ0n) is 13.2. The lowest BCUT2D eigenvalue weighted by Gasteiger charge is -2.31. The monoisotopic (exact) mass is 291 g/mol. The van der Waals surface area contributed by atoms with Gasteiger partial charge in [0.2, 0.25) is 0 Å². The third-order valence-corrected chi connectivity index (χ3v) is 4.72. The van der Waals surface area contributed by atoms with Crippen molar-refractivity contribution in [2.45, 2.75) is 38.1 Å². The Labute approximate surface area is 132 Å². The lowest BCUT2D eigenvalue weighted by Crippen LogP contribution is -2.34. The number of aryl methyl sites for hydroxylation is 1. The van der Waals surface area contributed by atoms with Crippen molar-refractivity contribution in [3.05, 3.63) is 59.3 Å². The van der Waals surface area contributed by atoms with Crippen LogP contribution in [0.3, 0.4) is 0 Å². The molecule has 0 saturated heterocycles. The zero-order chi connectivity index (χ0) is 15.5. The van der Waals surface area contributed by atoms with E-state index in [9.17, 15) is 0 Å². The van der Waals surface area contributed by atoms with Crippen LogP contribution in [-0.2, 0) is 0 Å². The van der Waals surface area contributed by atoms with E-state index in [0.29, 0.717) is 17.5 Å². The van der Waals surface area contributed by atoms with E-state index in [2.05, 4.69) is 54.2 Å². The van der Waals surface area contributed by atoms with Gasteiger partial charge in [0.25, 0.3) is 0 Å². The van der Waals surface area contributed by atoms with Gasteiger partial charge in [-0.15, -0.1) is 0 Å². The summed E-state index contributed by atoms with van der Waals surface area (Å²) in [6, 6.07) is 15.3. The molecular weight excluding hydrogens is 270 g/mol. The molecular formula is C19H21N3. The molecule has 0 amide bonds. The van der Waals surface area contributed by atoms with Gasteiger partial charge in [-0.25, -0.2) is 4.98 Å². The SMILES string of the molecule is Cc1ccc([C@H]2CCC[C@H]2N(C)c2ccc(C#N)cn2)cc1. The van der Waals surface area contributed by atoms with Crippen LogP contribution in [0.15, 0.2) is 42.6 Å². The highest BCUT2D eigenvalue weighted by Gasteiger charge is 2.32. The minimum absolute atomic E-state index is 0.475. The fraction of sp³-hybridized carbons (Fsp3) is 0.368. The Morgan fingerprint density at radius 2 is 1.91 bits per heavy atom. The van der Waals surface area contributed by atoms with Crippen LogP contribution in [-0.4, -0.2) is 18.1 Å². The van der Waals surface area contributed by atoms with Crippen LogP contribution >= 0.6 is 0 Å². The topological polar surface area (TPSA) is 39.9 Å². The maximum absolute atomic E-state index is 8.89. The zero-order valence-corrected chi connectivity index (χ0v) is 13.2. The molecule has 3 nitrogen and oxygen atoms in total. The third-order valence-electron chi connectivity index (χ3n) is 4.72. The van der Waals surface area contributed by atoms with E-state index in [-0.39, 0.29) is 0 Å². The molecule has 1 heterocycles. The molecule has 0 aliphatic heterocycles. The molecule has 1 fully saturated rings. The van der Waals surface area contributed by atoms with Gasteiger partial charge >= 0.3 is 0 Å². The molecule has 3 rings (SSSR count). The first-order valence-corrected chi connectivity index (χ1v) is 7.84. The summed E-state index contributed by atoms with van der Waals surface area (Å²) in [5.74, 6) is 1.51. The molecule has 0 spiro atoms. The predicted molar refractivity (Wildman–Crippen MR) is 88.9 cm³/mol. The molecule has 0 radical (unpaired) electrons. The largest absolute Gasteiger partial charge is 0.356 e. The number of likely N-dealkylation sites (N-methyl/N-ethyl adjacent to an activating group) is 1. The highest BCUT2D eigenvalue weighted by molar-refractivity contribution is 5.44. The number of anilines is 1. The summed E-state index contributed by atoms with van der Waals surface area (Å²) >= 11 is 0. The van der Waals surface area contributed by atoms with Crippen molar-refractivity contribution in [1.29, 1.82) is 5.26 Å². The van der Waals surface area contributed by atoms with E-state index in [0.717, 1.165) is 5.82 Å². The van der Waals surface area contributed by atoms with Gasteiger partial charge in [-0.1, -0.05) is 36.2 Å². The van der Waals surface area contributed by atoms with E-state index < -0.39 is 0 Å². The van der Waals surface area contributed by atoms with Crippen molar-refractivity contribution in [3.63, 3.8) is 0 Å². The molecule has 22 heavy (non-hydrogen) atoms. The Bertz CT molecular complexity index is 667. The number of hydrogen-bond acceptors (Lipinski definition) is 3. The van der Waals surface area contributed by atoms with Crippen LogP contribution in [0.4, 0.5) is 5.82 Å². The highest BCUT2D eigenvalue weighted by atomic mass is 15.2. The molecule has 1 saturated carbocycles. The highest BCUT2D eigenvalue weighted by Crippen LogP contribution is 2.38. The summed E-state index contributed by atoms with van der Waals surface area (Å²) < 4.78 is 0. The minimum atomic E-state index is 0.475. The molecule has 2 atom stereocenters. The number of nitrogens with zero attached hydrogens (tertiary/aromatic N) is 3. The third kappa shape index (κ3) is 2.82. The Hall–Kier alpha value is -2.34. The standard InChI is InChI=1S/C19H21N3/c1-14-6-9-16(10-7-14)17-4-3-5-18(17)22(2)19-11-8-15(12-20)13-21-19/h6-11,13,17-18H,3-5H2,1-2H3/t17-,18-/m1/s1. The van der Waals surface area contributed by atoms with Gasteiger partial charge < -0.3 is 4.90 Å². The molecule has 1 aliphatic rings. The van der Waals surface area contributed by atoms with E-state index in [1.165, 1.54) is 30.4 Å². The summed E-state index contributed by atoms with van der Waals surface area (Å²) in [7, 11) is 2.12. The van der Waals surface area contributed by atoms with Crippen LogP contribution < -0.4 is 4.90 Å². The first-order chi connectivity index (χ1) is 10.7. The number of pyridine rings is 1. The number of rotatable bonds is 3. The van der Waals surface area contributed by atoms with Crippen molar-refractivity contribution >= 4 is 5.82 Å². The molecule has 0 unspecified atom stereocenters. The van der Waals surface area contributed by atoms with Crippen molar-refractivity contribution in [2.24, 2.45) is 0 Å². The van der Waals surface area contributed by atoms with Gasteiger partial charge in [-0.05, 0) is 37.5 Å². The van der Waals surface area contributed by atoms with Crippen molar-refractivity contribution in [3.8, 4) is 6.07 Å². The summed E-state index contributed by atoms with van der Waals surface area (Å²) in [4.78, 5) is 6.72. The average molecular weight is 291 g/mol. The Kier molecular flexibility index (Phi) is 4.11. The number of nitriles is 1. The quantitative estimate of drug-likeness (QED) is 0.857. The van der Waals surface area contributed by atoms with Crippen LogP contribution in [0.5, 0.6) is 0 Å². The van der Waals surface area contributed by atoms with Crippen LogP contribution in [0.25, 0.3) is 0 Å². The Morgan fingerprint density at radius 1 is 1.14 bits per heavy atom. The normalized spacial score (nSPS) is 20.6. The minimum Gasteiger partial charge on any atom is -0.356 e. The van der Waals surface area contributed by atoms with Crippen molar-refractivity contribution in [1.82, 2.24) is 4.98 Å². The lowest BCUT2D eigenvalue weighted by molar-refractivity contribution is 0.575. The summed E-state index contributed by atoms with van der Waals surface area (Å²) in [6.45, 7) is 2.13. The smallest absolute Gasteiger partial charge is 0.128 e. The number of aromatic nitrogens is 1. The van der Waals surface area contributed by atoms with Gasteiger partial charge in [0.15, 0.2) is 0 Å². The van der Waals surface area contributed by atoms with Gasteiger partial charge in [0.1, 0.15) is 11.9 Å². The fourth-order valence-electron chi connectivity index (χ4n) is 3.44. The first-order valence-electron chi connectivity index (χ1n) is 7.84. The molecule has 1 aliphatic carbocycles. The number of hydrogen-bond donors (Lipinski definition) is 0. The summed E-state index contributed by atoms with van der Waals surface area (Å²) in [6.07, 6.45) is 5.33. The van der Waals surface area contributed by atoms with Crippen LogP contribution in [0, 0.1) is 18.3 Å². The Morgan fingerprint density at radius 3 is 2.55 bits per heavy atom. The second kappa shape index (κ2) is 6.19. The molecule has 112 valence electrons. The van der Waals surface area contributed by atoms with Crippen LogP contribution in [0.2, 0.25) is 0 Å². The maximum Gasteiger partial charge on any atom is 0.128 e. The fourth-order valence-corrected chi connectivity index (χ4v) is 3.44. The van der Waals surface area contributed by atoms with E-state index in [4.69, 9.17) is 5.26 Å². The maximum atomic E-state index is 8.89. The first kappa shape index (κ1) is 14.6. The molecule has 3 heteroatoms. The molecule has 0 N–H and O–H groups in total. The van der Waals surface area contributed by atoms with Gasteiger partial charge in [0.05, 0.1) is 5.56 Å². The Balaban J connectivity index is 1.82. The van der Waals surface area contributed by atoms with Gasteiger partial charge in [-0.3, -0.25) is 0 Å². The summed E-state index contributed by atoms with van der Waals surface area (Å²) in [5, 5.41) is 8.89. The van der Waals surface area contributed by atoms with Gasteiger partial charge in [-0.2, -0.15) is 5.26 Å².